The second-order valence-electron chi connectivity index (χ2n) is 5.54. The highest BCUT2D eigenvalue weighted by molar-refractivity contribution is 7.89. The number of hydrogen-bond acceptors (Lipinski definition) is 6. The summed E-state index contributed by atoms with van der Waals surface area (Å²) in [6.07, 6.45) is 0. The molecule has 0 spiro atoms. The van der Waals surface area contributed by atoms with Gasteiger partial charge in [0.25, 0.3) is 0 Å². The van der Waals surface area contributed by atoms with Crippen molar-refractivity contribution >= 4 is 21.4 Å². The van der Waals surface area contributed by atoms with Crippen LogP contribution in [-0.2, 0) is 16.6 Å². The van der Waals surface area contributed by atoms with Gasteiger partial charge in [-0.05, 0) is 35.1 Å². The Morgan fingerprint density at radius 1 is 1.21 bits per heavy atom. The molecule has 0 radical (unpaired) electrons. The standard InChI is InChI=1S/C16H17N3O3S2/c1-11(2)12-5-7-13(8-6-12)24(20,21)17-10-15-18-16(19-22-15)14-4-3-9-23-14/h3-9,11,17H,10H2,1-2H3. The summed E-state index contributed by atoms with van der Waals surface area (Å²) >= 11 is 1.49. The van der Waals surface area contributed by atoms with Crippen LogP contribution in [-0.4, -0.2) is 18.6 Å². The molecule has 126 valence electrons. The lowest BCUT2D eigenvalue weighted by Crippen LogP contribution is -2.23. The first-order valence-corrected chi connectivity index (χ1v) is 9.78. The van der Waals surface area contributed by atoms with E-state index in [0.29, 0.717) is 11.7 Å². The fraction of sp³-hybridized carbons (Fsp3) is 0.250. The summed E-state index contributed by atoms with van der Waals surface area (Å²) in [5.41, 5.74) is 1.09. The minimum atomic E-state index is -3.62. The summed E-state index contributed by atoms with van der Waals surface area (Å²) in [7, 11) is -3.62. The van der Waals surface area contributed by atoms with Gasteiger partial charge in [0, 0.05) is 0 Å². The van der Waals surface area contributed by atoms with Crippen molar-refractivity contribution in [2.24, 2.45) is 0 Å². The highest BCUT2D eigenvalue weighted by Crippen LogP contribution is 2.21. The Bertz CT molecular complexity index is 898. The highest BCUT2D eigenvalue weighted by Gasteiger charge is 2.16. The second-order valence-corrected chi connectivity index (χ2v) is 8.25. The van der Waals surface area contributed by atoms with Gasteiger partial charge in [0.15, 0.2) is 0 Å². The van der Waals surface area contributed by atoms with Crippen molar-refractivity contribution in [2.45, 2.75) is 31.2 Å². The number of sulfonamides is 1. The largest absolute Gasteiger partial charge is 0.337 e. The highest BCUT2D eigenvalue weighted by atomic mass is 32.2. The van der Waals surface area contributed by atoms with Crippen LogP contribution in [0, 0.1) is 0 Å². The number of rotatable bonds is 6. The molecule has 8 heteroatoms. The van der Waals surface area contributed by atoms with Crippen LogP contribution in [0.15, 0.2) is 51.2 Å². The van der Waals surface area contributed by atoms with Gasteiger partial charge in [-0.2, -0.15) is 4.98 Å². The van der Waals surface area contributed by atoms with Crippen molar-refractivity contribution < 1.29 is 12.9 Å². The molecule has 0 aliphatic carbocycles. The number of nitrogens with one attached hydrogen (secondary N) is 1. The van der Waals surface area contributed by atoms with E-state index >= 15 is 0 Å². The maximum Gasteiger partial charge on any atom is 0.242 e. The number of nitrogens with zero attached hydrogens (tertiary/aromatic N) is 2. The van der Waals surface area contributed by atoms with Crippen molar-refractivity contribution in [3.05, 3.63) is 53.2 Å². The third-order valence-corrected chi connectivity index (χ3v) is 5.76. The lowest BCUT2D eigenvalue weighted by molar-refractivity contribution is 0.376. The Morgan fingerprint density at radius 3 is 2.58 bits per heavy atom. The molecule has 0 saturated carbocycles. The first-order chi connectivity index (χ1) is 11.5. The summed E-state index contributed by atoms with van der Waals surface area (Å²) < 4.78 is 32.2. The van der Waals surface area contributed by atoms with Crippen molar-refractivity contribution in [1.82, 2.24) is 14.9 Å². The van der Waals surface area contributed by atoms with E-state index in [1.165, 1.54) is 11.3 Å². The smallest absolute Gasteiger partial charge is 0.242 e. The summed E-state index contributed by atoms with van der Waals surface area (Å²) in [5.74, 6) is 1.03. The van der Waals surface area contributed by atoms with Gasteiger partial charge in [0.1, 0.15) is 0 Å². The molecule has 0 amide bonds. The summed E-state index contributed by atoms with van der Waals surface area (Å²) in [6, 6.07) is 10.6. The van der Waals surface area contributed by atoms with Gasteiger partial charge >= 0.3 is 0 Å². The molecular formula is C16H17N3O3S2. The molecule has 0 unspecified atom stereocenters. The van der Waals surface area contributed by atoms with Crippen LogP contribution < -0.4 is 4.72 Å². The van der Waals surface area contributed by atoms with Crippen LogP contribution in [0.5, 0.6) is 0 Å². The lowest BCUT2D eigenvalue weighted by Gasteiger charge is -2.08. The molecule has 24 heavy (non-hydrogen) atoms. The van der Waals surface area contributed by atoms with Crippen LogP contribution >= 0.6 is 11.3 Å². The SMILES string of the molecule is CC(C)c1ccc(S(=O)(=O)NCc2nc(-c3cccs3)no2)cc1. The van der Waals surface area contributed by atoms with Gasteiger partial charge in [-0.25, -0.2) is 13.1 Å². The van der Waals surface area contributed by atoms with Crippen molar-refractivity contribution in [2.75, 3.05) is 0 Å². The minimum absolute atomic E-state index is 0.0490. The Balaban J connectivity index is 1.69. The summed E-state index contributed by atoms with van der Waals surface area (Å²) in [4.78, 5) is 5.28. The Morgan fingerprint density at radius 2 is 1.96 bits per heavy atom. The van der Waals surface area contributed by atoms with E-state index in [0.717, 1.165) is 10.4 Å². The molecule has 0 atom stereocenters. The van der Waals surface area contributed by atoms with E-state index in [1.807, 2.05) is 29.6 Å². The van der Waals surface area contributed by atoms with Gasteiger partial charge in [0.05, 0.1) is 16.3 Å². The predicted octanol–water partition coefficient (Wildman–Crippen LogP) is 3.40. The van der Waals surface area contributed by atoms with Crippen LogP contribution in [0.1, 0.15) is 31.2 Å². The van der Waals surface area contributed by atoms with E-state index in [2.05, 4.69) is 28.7 Å². The van der Waals surface area contributed by atoms with E-state index in [1.54, 1.807) is 12.1 Å². The summed E-state index contributed by atoms with van der Waals surface area (Å²) in [6.45, 7) is 4.07. The third kappa shape index (κ3) is 3.72. The summed E-state index contributed by atoms with van der Waals surface area (Å²) in [5, 5.41) is 5.76. The zero-order valence-electron chi connectivity index (χ0n) is 13.3. The van der Waals surface area contributed by atoms with Crippen molar-refractivity contribution in [3.8, 4) is 10.7 Å². The zero-order chi connectivity index (χ0) is 17.2. The van der Waals surface area contributed by atoms with E-state index in [4.69, 9.17) is 4.52 Å². The average Bonchev–Trinajstić information content (AvgIpc) is 3.24. The maximum atomic E-state index is 12.3. The first kappa shape index (κ1) is 16.8. The monoisotopic (exact) mass is 363 g/mol. The number of thiophene rings is 1. The van der Waals surface area contributed by atoms with Gasteiger partial charge < -0.3 is 4.52 Å². The van der Waals surface area contributed by atoms with E-state index < -0.39 is 10.0 Å². The predicted molar refractivity (Wildman–Crippen MR) is 92.2 cm³/mol. The molecule has 0 aliphatic rings. The third-order valence-electron chi connectivity index (χ3n) is 3.48. The topological polar surface area (TPSA) is 85.1 Å². The average molecular weight is 363 g/mol. The quantitative estimate of drug-likeness (QED) is 0.725. The molecule has 3 rings (SSSR count). The van der Waals surface area contributed by atoms with E-state index in [9.17, 15) is 8.42 Å². The zero-order valence-corrected chi connectivity index (χ0v) is 14.9. The number of benzene rings is 1. The van der Waals surface area contributed by atoms with Gasteiger partial charge in [-0.1, -0.05) is 37.2 Å². The van der Waals surface area contributed by atoms with Crippen LogP contribution in [0.25, 0.3) is 10.7 Å². The molecule has 2 heterocycles. The Labute approximate surface area is 144 Å². The number of hydrogen-bond donors (Lipinski definition) is 1. The maximum absolute atomic E-state index is 12.3. The fourth-order valence-electron chi connectivity index (χ4n) is 2.10. The van der Waals surface area contributed by atoms with E-state index in [-0.39, 0.29) is 17.3 Å². The molecule has 2 aromatic heterocycles. The second kappa shape index (κ2) is 6.84. The van der Waals surface area contributed by atoms with Crippen LogP contribution in [0.4, 0.5) is 0 Å². The van der Waals surface area contributed by atoms with Gasteiger partial charge in [-0.3, -0.25) is 0 Å². The molecule has 1 aromatic carbocycles. The first-order valence-electron chi connectivity index (χ1n) is 7.42. The molecule has 0 bridgehead atoms. The molecule has 0 fully saturated rings. The lowest BCUT2D eigenvalue weighted by atomic mass is 10.0. The molecule has 3 aromatic rings. The van der Waals surface area contributed by atoms with Gasteiger partial charge in [-0.15, -0.1) is 11.3 Å². The van der Waals surface area contributed by atoms with Gasteiger partial charge in [0.2, 0.25) is 21.7 Å². The molecule has 0 aliphatic heterocycles. The molecule has 1 N–H and O–H groups in total. The Hall–Kier alpha value is -2.03. The Kier molecular flexibility index (Phi) is 4.79. The minimum Gasteiger partial charge on any atom is -0.337 e. The van der Waals surface area contributed by atoms with Crippen molar-refractivity contribution in [1.29, 1.82) is 0 Å². The molecule has 0 saturated heterocycles. The molecule has 6 nitrogen and oxygen atoms in total. The fourth-order valence-corrected chi connectivity index (χ4v) is 3.73. The molecular weight excluding hydrogens is 346 g/mol. The number of aromatic nitrogens is 2. The van der Waals surface area contributed by atoms with Crippen LogP contribution in [0.2, 0.25) is 0 Å². The van der Waals surface area contributed by atoms with Crippen LogP contribution in [0.3, 0.4) is 0 Å². The normalized spacial score (nSPS) is 12.0. The van der Waals surface area contributed by atoms with Crippen molar-refractivity contribution in [3.63, 3.8) is 0 Å².